The molecule has 0 bridgehead atoms. The molecule has 0 aliphatic carbocycles. The van der Waals surface area contributed by atoms with Gasteiger partial charge in [-0.2, -0.15) is 0 Å². The van der Waals surface area contributed by atoms with Crippen molar-refractivity contribution in [2.75, 3.05) is 47.5 Å². The second-order valence-corrected chi connectivity index (χ2v) is 17.5. The van der Waals surface area contributed by atoms with Gasteiger partial charge >= 0.3 is 19.8 Å². The summed E-state index contributed by atoms with van der Waals surface area (Å²) in [5.41, 5.74) is 0. The van der Waals surface area contributed by atoms with Crippen molar-refractivity contribution < 1.29 is 52.3 Å². The maximum atomic E-state index is 12.7. The Hall–Kier alpha value is -2.89. The molecule has 0 aliphatic heterocycles. The minimum atomic E-state index is -4.44. The SMILES string of the molecule is CC/C=C\C/C=C\C/C=C\C/C=C\C/C=C\C/C=C\CCC(=O)OC[C@H](COP(=O)(O)OCC[N+](C)(C)C)OC(=O)CCCCCCC[C@H](O)[C@@H](O)C/C=C\CCCCC. The summed E-state index contributed by atoms with van der Waals surface area (Å²) in [4.78, 5) is 35.4. The molecular formula is C48H83NO10P+. The van der Waals surface area contributed by atoms with Gasteiger partial charge in [0.1, 0.15) is 19.8 Å². The Morgan fingerprint density at radius 1 is 0.600 bits per heavy atom. The van der Waals surface area contributed by atoms with Gasteiger partial charge in [-0.25, -0.2) is 4.57 Å². The molecule has 0 rings (SSSR count). The number of hydrogen-bond acceptors (Lipinski definition) is 9. The van der Waals surface area contributed by atoms with Gasteiger partial charge in [0, 0.05) is 12.8 Å². The summed E-state index contributed by atoms with van der Waals surface area (Å²) in [6.07, 6.45) is 42.4. The summed E-state index contributed by atoms with van der Waals surface area (Å²) in [6.45, 7) is 3.96. The average molecular weight is 865 g/mol. The Labute approximate surface area is 364 Å². The van der Waals surface area contributed by atoms with E-state index in [0.29, 0.717) is 36.7 Å². The van der Waals surface area contributed by atoms with Crippen molar-refractivity contribution in [1.82, 2.24) is 0 Å². The lowest BCUT2D eigenvalue weighted by molar-refractivity contribution is -0.870. The van der Waals surface area contributed by atoms with Crippen LogP contribution in [-0.2, 0) is 32.7 Å². The monoisotopic (exact) mass is 865 g/mol. The van der Waals surface area contributed by atoms with E-state index in [1.165, 1.54) is 12.8 Å². The highest BCUT2D eigenvalue weighted by molar-refractivity contribution is 7.47. The number of phosphoric acid groups is 1. The first kappa shape index (κ1) is 57.1. The van der Waals surface area contributed by atoms with Crippen LogP contribution in [-0.4, -0.2) is 97.3 Å². The number of rotatable bonds is 39. The third-order valence-electron chi connectivity index (χ3n) is 9.12. The lowest BCUT2D eigenvalue weighted by atomic mass is 10.0. The molecule has 4 atom stereocenters. The lowest BCUT2D eigenvalue weighted by Crippen LogP contribution is -2.37. The second kappa shape index (κ2) is 39.0. The summed E-state index contributed by atoms with van der Waals surface area (Å²) in [7, 11) is 1.33. The fourth-order valence-corrected chi connectivity index (χ4v) is 6.21. The maximum Gasteiger partial charge on any atom is 0.472 e. The van der Waals surface area contributed by atoms with Crippen LogP contribution in [0.2, 0.25) is 0 Å². The van der Waals surface area contributed by atoms with Gasteiger partial charge in [-0.15, -0.1) is 0 Å². The number of allylic oxidation sites excluding steroid dienone is 13. The molecule has 0 radical (unpaired) electrons. The first-order valence-corrected chi connectivity index (χ1v) is 24.0. The lowest BCUT2D eigenvalue weighted by Gasteiger charge is -2.24. The van der Waals surface area contributed by atoms with Crippen molar-refractivity contribution in [3.8, 4) is 0 Å². The van der Waals surface area contributed by atoms with Crippen LogP contribution in [0.3, 0.4) is 0 Å². The number of aliphatic hydroxyl groups is 2. The number of likely N-dealkylation sites (N-methyl/N-ethyl adjacent to an activating group) is 1. The van der Waals surface area contributed by atoms with Gasteiger partial charge in [0.25, 0.3) is 0 Å². The fourth-order valence-electron chi connectivity index (χ4n) is 5.47. The van der Waals surface area contributed by atoms with Crippen LogP contribution in [0.4, 0.5) is 0 Å². The summed E-state index contributed by atoms with van der Waals surface area (Å²) in [6, 6.07) is 0. The summed E-state index contributed by atoms with van der Waals surface area (Å²) < 4.78 is 34.1. The van der Waals surface area contributed by atoms with Crippen LogP contribution >= 0.6 is 7.82 Å². The molecule has 3 N–H and O–H groups in total. The van der Waals surface area contributed by atoms with Crippen LogP contribution in [0.25, 0.3) is 0 Å². The second-order valence-electron chi connectivity index (χ2n) is 16.0. The molecule has 60 heavy (non-hydrogen) atoms. The molecule has 12 heteroatoms. The van der Waals surface area contributed by atoms with E-state index in [0.717, 1.165) is 77.0 Å². The largest absolute Gasteiger partial charge is 0.472 e. The number of nitrogens with zero attached hydrogens (tertiary/aromatic N) is 1. The number of phosphoric ester groups is 1. The van der Waals surface area contributed by atoms with Crippen LogP contribution < -0.4 is 0 Å². The molecule has 0 fully saturated rings. The fraction of sp³-hybridized carbons (Fsp3) is 0.667. The minimum absolute atomic E-state index is 0.0125. The van der Waals surface area contributed by atoms with Crippen molar-refractivity contribution >= 4 is 19.8 Å². The quantitative estimate of drug-likeness (QED) is 0.0179. The van der Waals surface area contributed by atoms with Gasteiger partial charge < -0.3 is 29.1 Å². The number of unbranched alkanes of at least 4 members (excludes halogenated alkanes) is 7. The van der Waals surface area contributed by atoms with E-state index in [-0.39, 0.29) is 26.1 Å². The first-order chi connectivity index (χ1) is 28.8. The van der Waals surface area contributed by atoms with Crippen LogP contribution in [0.5, 0.6) is 0 Å². The summed E-state index contributed by atoms with van der Waals surface area (Å²) >= 11 is 0. The number of esters is 2. The van der Waals surface area contributed by atoms with E-state index in [9.17, 15) is 29.3 Å². The number of hydrogen-bond donors (Lipinski definition) is 3. The van der Waals surface area contributed by atoms with E-state index in [4.69, 9.17) is 18.5 Å². The number of ether oxygens (including phenoxy) is 2. The predicted octanol–water partition coefficient (Wildman–Crippen LogP) is 10.7. The first-order valence-electron chi connectivity index (χ1n) is 22.5. The van der Waals surface area contributed by atoms with Crippen LogP contribution in [0.15, 0.2) is 85.1 Å². The van der Waals surface area contributed by atoms with Gasteiger partial charge in [0.05, 0.1) is 40.0 Å². The third kappa shape index (κ3) is 40.5. The average Bonchev–Trinajstić information content (AvgIpc) is 3.19. The molecule has 0 amide bonds. The zero-order valence-electron chi connectivity index (χ0n) is 37.9. The Bertz CT molecular complexity index is 1330. The molecule has 0 aromatic heterocycles. The Morgan fingerprint density at radius 2 is 1.15 bits per heavy atom. The van der Waals surface area contributed by atoms with E-state index < -0.39 is 44.7 Å². The predicted molar refractivity (Wildman–Crippen MR) is 245 cm³/mol. The van der Waals surface area contributed by atoms with Crippen molar-refractivity contribution in [2.45, 2.75) is 161 Å². The maximum absolute atomic E-state index is 12.7. The van der Waals surface area contributed by atoms with Crippen molar-refractivity contribution in [1.29, 1.82) is 0 Å². The highest BCUT2D eigenvalue weighted by atomic mass is 31.2. The van der Waals surface area contributed by atoms with Crippen LogP contribution in [0, 0.1) is 0 Å². The highest BCUT2D eigenvalue weighted by Crippen LogP contribution is 2.43. The van der Waals surface area contributed by atoms with Gasteiger partial charge in [0.15, 0.2) is 6.10 Å². The molecular weight excluding hydrogens is 781 g/mol. The van der Waals surface area contributed by atoms with Gasteiger partial charge in [-0.1, -0.05) is 137 Å². The Morgan fingerprint density at radius 3 is 1.73 bits per heavy atom. The van der Waals surface area contributed by atoms with Gasteiger partial charge in [-0.05, 0) is 77.0 Å². The standard InChI is InChI=1S/C48H82NO10P/c1-6-8-10-12-14-15-16-17-18-19-20-21-22-23-24-25-26-30-34-38-47(52)56-42-44(43-58-60(54,55)57-41-40-49(3,4)5)59-48(53)39-35-31-27-29-33-37-46(51)45(50)36-32-28-13-11-9-7-2/h8,10,14-15,17-18,20-21,23-24,26,28,30,32,44-46,50-51H,6-7,9,11-13,16,19,22,25,27,29,31,33-43H2,1-5H3/p+1/b10-8-,15-14-,18-17-,21-20-,24-23-,30-26-,32-28-/t44-,45+,46+/m1/s1. The Balaban J connectivity index is 4.60. The Kier molecular flexibility index (Phi) is 37.1. The smallest absolute Gasteiger partial charge is 0.462 e. The molecule has 0 heterocycles. The zero-order chi connectivity index (χ0) is 44.6. The molecule has 0 saturated heterocycles. The zero-order valence-corrected chi connectivity index (χ0v) is 38.8. The minimum Gasteiger partial charge on any atom is -0.462 e. The van der Waals surface area contributed by atoms with Crippen molar-refractivity contribution in [2.24, 2.45) is 0 Å². The summed E-state index contributed by atoms with van der Waals surface area (Å²) in [5.74, 6) is -1.02. The topological polar surface area (TPSA) is 149 Å². The molecule has 0 spiro atoms. The van der Waals surface area contributed by atoms with E-state index in [1.54, 1.807) is 0 Å². The van der Waals surface area contributed by atoms with E-state index in [1.807, 2.05) is 39.4 Å². The normalized spacial score (nSPS) is 15.4. The molecule has 11 nitrogen and oxygen atoms in total. The molecule has 1 unspecified atom stereocenters. The third-order valence-corrected chi connectivity index (χ3v) is 10.1. The molecule has 344 valence electrons. The summed E-state index contributed by atoms with van der Waals surface area (Å²) in [5, 5.41) is 20.5. The molecule has 0 aromatic carbocycles. The van der Waals surface area contributed by atoms with Gasteiger partial charge in [-0.3, -0.25) is 18.6 Å². The highest BCUT2D eigenvalue weighted by Gasteiger charge is 2.27. The number of aliphatic hydroxyl groups excluding tert-OH is 2. The van der Waals surface area contributed by atoms with E-state index in [2.05, 4.69) is 80.7 Å². The molecule has 0 aromatic rings. The van der Waals surface area contributed by atoms with E-state index >= 15 is 0 Å². The van der Waals surface area contributed by atoms with Crippen molar-refractivity contribution in [3.63, 3.8) is 0 Å². The van der Waals surface area contributed by atoms with Crippen LogP contribution in [0.1, 0.15) is 142 Å². The molecule has 0 aliphatic rings. The number of carbonyl (C=O) groups excluding carboxylic acids is 2. The van der Waals surface area contributed by atoms with Crippen molar-refractivity contribution in [3.05, 3.63) is 85.1 Å². The number of quaternary nitrogens is 1. The van der Waals surface area contributed by atoms with Gasteiger partial charge in [0.2, 0.25) is 0 Å². The molecule has 0 saturated carbocycles. The number of carbonyl (C=O) groups is 2.